The van der Waals surface area contributed by atoms with E-state index in [-0.39, 0.29) is 11.9 Å². The minimum atomic E-state index is 0.00678. The number of nitrogens with zero attached hydrogens (tertiary/aromatic N) is 3. The Kier molecular flexibility index (Phi) is 7.16. The fourth-order valence-electron chi connectivity index (χ4n) is 3.99. The molecule has 1 saturated heterocycles. The van der Waals surface area contributed by atoms with Gasteiger partial charge in [-0.15, -0.1) is 11.3 Å². The number of benzene rings is 1. The number of likely N-dealkylation sites (tertiary alicyclic amines) is 1. The van der Waals surface area contributed by atoms with Crippen LogP contribution in [0.2, 0.25) is 0 Å². The lowest BCUT2D eigenvalue weighted by Crippen LogP contribution is -2.37. The maximum atomic E-state index is 12.7. The van der Waals surface area contributed by atoms with Crippen molar-refractivity contribution in [1.29, 1.82) is 0 Å². The minimum Gasteiger partial charge on any atom is -0.497 e. The standard InChI is InChI=1S/C22H27N5O2S2/c1-29-17-7-4-6-16(14-17)18(26-10-2-3-11-26)15-23-20(28)9-12-27-21(24-25-22(27)30)19-8-5-13-31-19/h4-8,13-14,18H,2-3,9-12,15H2,1H3,(H,23,28)(H,25,30). The van der Waals surface area contributed by atoms with Gasteiger partial charge < -0.3 is 10.1 Å². The van der Waals surface area contributed by atoms with Crippen LogP contribution in [0.1, 0.15) is 30.9 Å². The van der Waals surface area contributed by atoms with E-state index >= 15 is 0 Å². The Hall–Kier alpha value is -2.49. The van der Waals surface area contributed by atoms with E-state index in [1.165, 1.54) is 18.4 Å². The third-order valence-corrected chi connectivity index (χ3v) is 6.79. The zero-order valence-electron chi connectivity index (χ0n) is 17.5. The van der Waals surface area contributed by atoms with E-state index in [2.05, 4.69) is 32.5 Å². The summed E-state index contributed by atoms with van der Waals surface area (Å²) in [7, 11) is 1.68. The zero-order valence-corrected chi connectivity index (χ0v) is 19.2. The Balaban J connectivity index is 1.40. The van der Waals surface area contributed by atoms with Crippen LogP contribution in [-0.2, 0) is 11.3 Å². The quantitative estimate of drug-likeness (QED) is 0.475. The highest BCUT2D eigenvalue weighted by Crippen LogP contribution is 2.27. The minimum absolute atomic E-state index is 0.00678. The number of thiophene rings is 1. The van der Waals surface area contributed by atoms with E-state index in [1.54, 1.807) is 18.4 Å². The molecule has 1 atom stereocenters. The van der Waals surface area contributed by atoms with Gasteiger partial charge in [-0.3, -0.25) is 19.4 Å². The number of hydrogen-bond donors (Lipinski definition) is 2. The van der Waals surface area contributed by atoms with Crippen LogP contribution in [0.5, 0.6) is 5.75 Å². The van der Waals surface area contributed by atoms with Crippen molar-refractivity contribution in [3.05, 3.63) is 52.1 Å². The van der Waals surface area contributed by atoms with Gasteiger partial charge in [0.1, 0.15) is 5.75 Å². The third kappa shape index (κ3) is 5.23. The molecule has 0 saturated carbocycles. The van der Waals surface area contributed by atoms with E-state index in [0.717, 1.165) is 29.5 Å². The van der Waals surface area contributed by atoms with E-state index < -0.39 is 0 Å². The van der Waals surface area contributed by atoms with Crippen molar-refractivity contribution in [3.63, 3.8) is 0 Å². The van der Waals surface area contributed by atoms with Gasteiger partial charge in [0.05, 0.1) is 18.0 Å². The molecule has 2 aromatic heterocycles. The molecule has 0 spiro atoms. The molecule has 0 aliphatic carbocycles. The fourth-order valence-corrected chi connectivity index (χ4v) is 4.94. The molecule has 1 unspecified atom stereocenters. The highest BCUT2D eigenvalue weighted by atomic mass is 32.1. The van der Waals surface area contributed by atoms with Gasteiger partial charge in [-0.25, -0.2) is 0 Å². The summed E-state index contributed by atoms with van der Waals surface area (Å²) in [6.07, 6.45) is 2.73. The number of methoxy groups -OCH3 is 1. The number of H-pyrrole nitrogens is 1. The number of nitrogens with one attached hydrogen (secondary N) is 2. The largest absolute Gasteiger partial charge is 0.497 e. The number of aromatic amines is 1. The molecule has 0 bridgehead atoms. The highest BCUT2D eigenvalue weighted by Gasteiger charge is 2.24. The van der Waals surface area contributed by atoms with Gasteiger partial charge in [0.15, 0.2) is 10.6 Å². The van der Waals surface area contributed by atoms with Crippen LogP contribution in [-0.4, -0.2) is 52.3 Å². The Bertz CT molecular complexity index is 1050. The molecular weight excluding hydrogens is 430 g/mol. The molecule has 2 N–H and O–H groups in total. The zero-order chi connectivity index (χ0) is 21.6. The first-order chi connectivity index (χ1) is 15.2. The SMILES string of the molecule is COc1cccc(C(CNC(=O)CCn2c(-c3cccs3)n[nH]c2=S)N2CCCC2)c1. The molecule has 4 rings (SSSR count). The summed E-state index contributed by atoms with van der Waals surface area (Å²) < 4.78 is 7.82. The lowest BCUT2D eigenvalue weighted by molar-refractivity contribution is -0.121. The Morgan fingerprint density at radius 1 is 1.32 bits per heavy atom. The first-order valence-electron chi connectivity index (χ1n) is 10.5. The van der Waals surface area contributed by atoms with Gasteiger partial charge in [0.25, 0.3) is 0 Å². The fraction of sp³-hybridized carbons (Fsp3) is 0.409. The number of ether oxygens (including phenoxy) is 1. The number of carbonyl (C=O) groups excluding carboxylic acids is 1. The molecule has 31 heavy (non-hydrogen) atoms. The molecule has 9 heteroatoms. The van der Waals surface area contributed by atoms with Gasteiger partial charge in [-0.05, 0) is 67.3 Å². The van der Waals surface area contributed by atoms with Crippen molar-refractivity contribution in [2.75, 3.05) is 26.7 Å². The summed E-state index contributed by atoms with van der Waals surface area (Å²) in [5.41, 5.74) is 1.17. The van der Waals surface area contributed by atoms with E-state index in [0.29, 0.717) is 24.3 Å². The van der Waals surface area contributed by atoms with Crippen molar-refractivity contribution < 1.29 is 9.53 Å². The van der Waals surface area contributed by atoms with Crippen LogP contribution < -0.4 is 10.1 Å². The van der Waals surface area contributed by atoms with Gasteiger partial charge in [0.2, 0.25) is 5.91 Å². The van der Waals surface area contributed by atoms with Crippen LogP contribution in [0, 0.1) is 4.77 Å². The third-order valence-electron chi connectivity index (χ3n) is 5.61. The second-order valence-corrected chi connectivity index (χ2v) is 8.91. The summed E-state index contributed by atoms with van der Waals surface area (Å²) in [6, 6.07) is 12.2. The van der Waals surface area contributed by atoms with E-state index in [4.69, 9.17) is 17.0 Å². The van der Waals surface area contributed by atoms with Gasteiger partial charge in [-0.1, -0.05) is 18.2 Å². The van der Waals surface area contributed by atoms with Gasteiger partial charge in [-0.2, -0.15) is 5.10 Å². The predicted octanol–water partition coefficient (Wildman–Crippen LogP) is 4.02. The normalized spacial score (nSPS) is 15.1. The lowest BCUT2D eigenvalue weighted by Gasteiger charge is -2.28. The summed E-state index contributed by atoms with van der Waals surface area (Å²) in [6.45, 7) is 3.15. The molecular formula is C22H27N5O2S2. The van der Waals surface area contributed by atoms with E-state index in [9.17, 15) is 4.79 Å². The Morgan fingerprint density at radius 3 is 2.90 bits per heavy atom. The van der Waals surface area contributed by atoms with Crippen molar-refractivity contribution >= 4 is 29.5 Å². The topological polar surface area (TPSA) is 75.2 Å². The summed E-state index contributed by atoms with van der Waals surface area (Å²) in [5.74, 6) is 1.62. The number of rotatable bonds is 9. The molecule has 3 heterocycles. The molecule has 0 radical (unpaired) electrons. The average Bonchev–Trinajstić information content (AvgIpc) is 3.55. The van der Waals surface area contributed by atoms with Crippen LogP contribution in [0.4, 0.5) is 0 Å². The first kappa shape index (κ1) is 21.7. The van der Waals surface area contributed by atoms with Crippen molar-refractivity contribution in [2.24, 2.45) is 0 Å². The molecule has 1 amide bonds. The van der Waals surface area contributed by atoms with Crippen LogP contribution >= 0.6 is 23.6 Å². The second-order valence-electron chi connectivity index (χ2n) is 7.57. The molecule has 1 aliphatic rings. The average molecular weight is 458 g/mol. The number of hydrogen-bond acceptors (Lipinski definition) is 6. The van der Waals surface area contributed by atoms with Gasteiger partial charge >= 0.3 is 0 Å². The highest BCUT2D eigenvalue weighted by molar-refractivity contribution is 7.71. The molecule has 1 aliphatic heterocycles. The van der Waals surface area contributed by atoms with Crippen LogP contribution in [0.15, 0.2) is 41.8 Å². The van der Waals surface area contributed by atoms with Crippen molar-refractivity contribution in [1.82, 2.24) is 25.0 Å². The number of carbonyl (C=O) groups is 1. The molecule has 7 nitrogen and oxygen atoms in total. The van der Waals surface area contributed by atoms with E-state index in [1.807, 2.05) is 34.2 Å². The summed E-state index contributed by atoms with van der Waals surface area (Å²) in [4.78, 5) is 16.2. The molecule has 3 aromatic rings. The monoisotopic (exact) mass is 457 g/mol. The van der Waals surface area contributed by atoms with Gasteiger partial charge in [0, 0.05) is 19.5 Å². The molecule has 1 fully saturated rings. The predicted molar refractivity (Wildman–Crippen MR) is 125 cm³/mol. The first-order valence-corrected chi connectivity index (χ1v) is 11.8. The maximum absolute atomic E-state index is 12.7. The smallest absolute Gasteiger partial charge is 0.221 e. The summed E-state index contributed by atoms with van der Waals surface area (Å²) in [5, 5.41) is 12.3. The summed E-state index contributed by atoms with van der Waals surface area (Å²) >= 11 is 6.97. The van der Waals surface area contributed by atoms with Crippen molar-refractivity contribution in [2.45, 2.75) is 31.8 Å². The van der Waals surface area contributed by atoms with Crippen molar-refractivity contribution in [3.8, 4) is 16.5 Å². The number of aromatic nitrogens is 3. The maximum Gasteiger partial charge on any atom is 0.221 e. The number of amides is 1. The Labute approximate surface area is 191 Å². The lowest BCUT2D eigenvalue weighted by atomic mass is 10.0. The second kappa shape index (κ2) is 10.2. The van der Waals surface area contributed by atoms with Crippen LogP contribution in [0.3, 0.4) is 0 Å². The molecule has 1 aromatic carbocycles. The van der Waals surface area contributed by atoms with Crippen LogP contribution in [0.25, 0.3) is 10.7 Å². The Morgan fingerprint density at radius 2 is 2.16 bits per heavy atom. The molecule has 164 valence electrons.